The number of hydrogen-bond acceptors (Lipinski definition) is 3. The Morgan fingerprint density at radius 3 is 2.28 bits per heavy atom. The highest BCUT2D eigenvalue weighted by Gasteiger charge is 2.00. The molecule has 1 rings (SSSR count). The molecule has 0 radical (unpaired) electrons. The Balaban J connectivity index is 2.33. The Morgan fingerprint density at radius 2 is 1.67 bits per heavy atom. The minimum atomic E-state index is -0.472. The summed E-state index contributed by atoms with van der Waals surface area (Å²) in [6, 6.07) is 9.06. The fourth-order valence-corrected chi connectivity index (χ4v) is 1.29. The molecule has 0 aliphatic heterocycles. The van der Waals surface area contributed by atoms with Gasteiger partial charge in [-0.2, -0.15) is 0 Å². The van der Waals surface area contributed by atoms with Crippen LogP contribution in [0.15, 0.2) is 54.6 Å². The summed E-state index contributed by atoms with van der Waals surface area (Å²) >= 11 is 0. The Hall–Kier alpha value is -2.20. The molecule has 1 aromatic rings. The minimum Gasteiger partial charge on any atom is -0.294 e. The average Bonchev–Trinajstić information content (AvgIpc) is 2.43. The highest BCUT2D eigenvalue weighted by molar-refractivity contribution is 5.96. The summed E-state index contributed by atoms with van der Waals surface area (Å²) in [5.41, 5.74) is 2.21. The highest BCUT2D eigenvalue weighted by Crippen LogP contribution is 2.03. The molecular formula is C14H15NO3. The van der Waals surface area contributed by atoms with Gasteiger partial charge in [0.15, 0.2) is 5.78 Å². The number of nitrogens with one attached hydrogen (secondary N) is 1. The van der Waals surface area contributed by atoms with Crippen LogP contribution in [0, 0.1) is 0 Å². The maximum absolute atomic E-state index is 11.7. The standard InChI is InChI=1S/C14H15NO3/c16-13(12-8-4-3-5-9-12)10-6-1-2-7-11-14(17)15-18/h1-9,18H,10-11H2,(H,15,17)/b6-1+,7-2+. The molecule has 0 saturated carbocycles. The molecule has 0 aliphatic rings. The van der Waals surface area contributed by atoms with Crippen molar-refractivity contribution in [2.75, 3.05) is 0 Å². The van der Waals surface area contributed by atoms with Gasteiger partial charge in [-0.1, -0.05) is 54.6 Å². The van der Waals surface area contributed by atoms with Crippen LogP contribution in [0.25, 0.3) is 0 Å². The van der Waals surface area contributed by atoms with E-state index in [4.69, 9.17) is 5.21 Å². The molecule has 18 heavy (non-hydrogen) atoms. The summed E-state index contributed by atoms with van der Waals surface area (Å²) in [7, 11) is 0. The van der Waals surface area contributed by atoms with Gasteiger partial charge in [0.1, 0.15) is 0 Å². The van der Waals surface area contributed by atoms with Gasteiger partial charge in [0, 0.05) is 18.4 Å². The van der Waals surface area contributed by atoms with E-state index in [1.165, 1.54) is 5.48 Å². The van der Waals surface area contributed by atoms with E-state index < -0.39 is 5.91 Å². The highest BCUT2D eigenvalue weighted by atomic mass is 16.5. The second-order valence-corrected chi connectivity index (χ2v) is 3.59. The Bertz CT molecular complexity index is 449. The van der Waals surface area contributed by atoms with Crippen molar-refractivity contribution < 1.29 is 14.8 Å². The number of carbonyl (C=O) groups excluding carboxylic acids is 2. The fourth-order valence-electron chi connectivity index (χ4n) is 1.29. The van der Waals surface area contributed by atoms with Crippen LogP contribution in [0.4, 0.5) is 0 Å². The first-order chi connectivity index (χ1) is 8.74. The van der Waals surface area contributed by atoms with E-state index in [1.807, 2.05) is 18.2 Å². The first-order valence-corrected chi connectivity index (χ1v) is 5.57. The third-order valence-corrected chi connectivity index (χ3v) is 2.21. The second-order valence-electron chi connectivity index (χ2n) is 3.59. The van der Waals surface area contributed by atoms with E-state index in [2.05, 4.69) is 0 Å². The molecule has 0 atom stereocenters. The number of hydrogen-bond donors (Lipinski definition) is 2. The summed E-state index contributed by atoms with van der Waals surface area (Å²) in [6.45, 7) is 0. The SMILES string of the molecule is O=C(C/C=C/C=C/CC(=O)c1ccccc1)NO. The first-order valence-electron chi connectivity index (χ1n) is 5.57. The van der Waals surface area contributed by atoms with Crippen molar-refractivity contribution in [3.05, 3.63) is 60.2 Å². The van der Waals surface area contributed by atoms with Gasteiger partial charge in [0.25, 0.3) is 0 Å². The number of rotatable bonds is 6. The zero-order chi connectivity index (χ0) is 13.2. The Morgan fingerprint density at radius 1 is 1.06 bits per heavy atom. The van der Waals surface area contributed by atoms with Crippen molar-refractivity contribution in [1.82, 2.24) is 5.48 Å². The van der Waals surface area contributed by atoms with Crippen molar-refractivity contribution in [3.8, 4) is 0 Å². The largest absolute Gasteiger partial charge is 0.294 e. The van der Waals surface area contributed by atoms with Gasteiger partial charge in [-0.05, 0) is 0 Å². The lowest BCUT2D eigenvalue weighted by Gasteiger charge is -1.95. The number of benzene rings is 1. The van der Waals surface area contributed by atoms with Gasteiger partial charge in [-0.3, -0.25) is 14.8 Å². The second kappa shape index (κ2) is 7.97. The van der Waals surface area contributed by atoms with Crippen molar-refractivity contribution >= 4 is 11.7 Å². The quantitative estimate of drug-likeness (QED) is 0.349. The topological polar surface area (TPSA) is 66.4 Å². The molecule has 0 saturated heterocycles. The number of allylic oxidation sites excluding steroid dienone is 3. The van der Waals surface area contributed by atoms with Crippen molar-refractivity contribution in [3.63, 3.8) is 0 Å². The lowest BCUT2D eigenvalue weighted by molar-refractivity contribution is -0.128. The van der Waals surface area contributed by atoms with Gasteiger partial charge in [0.2, 0.25) is 5.91 Å². The van der Waals surface area contributed by atoms with E-state index in [9.17, 15) is 9.59 Å². The van der Waals surface area contributed by atoms with Gasteiger partial charge >= 0.3 is 0 Å². The average molecular weight is 245 g/mol. The van der Waals surface area contributed by atoms with Crippen LogP contribution in [0.2, 0.25) is 0 Å². The van der Waals surface area contributed by atoms with Crippen LogP contribution < -0.4 is 5.48 Å². The Kier molecular flexibility index (Phi) is 6.14. The maximum Gasteiger partial charge on any atom is 0.247 e. The Labute approximate surface area is 106 Å². The molecule has 1 amide bonds. The lowest BCUT2D eigenvalue weighted by Crippen LogP contribution is -2.16. The van der Waals surface area contributed by atoms with Gasteiger partial charge in [-0.25, -0.2) is 5.48 Å². The number of amides is 1. The summed E-state index contributed by atoms with van der Waals surface area (Å²) in [6.07, 6.45) is 7.10. The molecule has 94 valence electrons. The van der Waals surface area contributed by atoms with Crippen LogP contribution in [0.5, 0.6) is 0 Å². The van der Waals surface area contributed by atoms with E-state index >= 15 is 0 Å². The molecule has 4 nitrogen and oxygen atoms in total. The number of Topliss-reactive ketones (excluding diaryl/α,β-unsaturated/α-hetero) is 1. The number of carbonyl (C=O) groups is 2. The molecule has 0 unspecified atom stereocenters. The van der Waals surface area contributed by atoms with E-state index in [0.717, 1.165) is 0 Å². The molecule has 2 N–H and O–H groups in total. The predicted octanol–water partition coefficient (Wildman–Crippen LogP) is 2.27. The van der Waals surface area contributed by atoms with Crippen LogP contribution >= 0.6 is 0 Å². The van der Waals surface area contributed by atoms with E-state index in [-0.39, 0.29) is 12.2 Å². The van der Waals surface area contributed by atoms with Gasteiger partial charge < -0.3 is 0 Å². The summed E-state index contributed by atoms with van der Waals surface area (Å²) in [5, 5.41) is 8.24. The molecular weight excluding hydrogens is 230 g/mol. The van der Waals surface area contributed by atoms with Crippen LogP contribution in [0.1, 0.15) is 23.2 Å². The third kappa shape index (κ3) is 5.23. The third-order valence-electron chi connectivity index (χ3n) is 2.21. The normalized spacial score (nSPS) is 10.9. The van der Waals surface area contributed by atoms with Crippen LogP contribution in [0.3, 0.4) is 0 Å². The molecule has 0 aromatic heterocycles. The molecule has 0 aliphatic carbocycles. The molecule has 0 fully saturated rings. The molecule has 0 heterocycles. The monoisotopic (exact) mass is 245 g/mol. The fraction of sp³-hybridized carbons (Fsp3) is 0.143. The number of ketones is 1. The predicted molar refractivity (Wildman–Crippen MR) is 68.2 cm³/mol. The maximum atomic E-state index is 11.7. The minimum absolute atomic E-state index is 0.0494. The molecule has 4 heteroatoms. The van der Waals surface area contributed by atoms with Crippen molar-refractivity contribution in [1.29, 1.82) is 0 Å². The van der Waals surface area contributed by atoms with Gasteiger partial charge in [0.05, 0.1) is 0 Å². The van der Waals surface area contributed by atoms with Crippen molar-refractivity contribution in [2.45, 2.75) is 12.8 Å². The molecule has 1 aromatic carbocycles. The smallest absolute Gasteiger partial charge is 0.247 e. The van der Waals surface area contributed by atoms with Crippen LogP contribution in [-0.2, 0) is 4.79 Å². The number of hydroxylamine groups is 1. The van der Waals surface area contributed by atoms with Crippen LogP contribution in [-0.4, -0.2) is 16.9 Å². The molecule has 0 bridgehead atoms. The lowest BCUT2D eigenvalue weighted by atomic mass is 10.1. The summed E-state index contributed by atoms with van der Waals surface area (Å²) < 4.78 is 0. The van der Waals surface area contributed by atoms with Gasteiger partial charge in [-0.15, -0.1) is 0 Å². The zero-order valence-corrected chi connectivity index (χ0v) is 9.87. The van der Waals surface area contributed by atoms with Crippen molar-refractivity contribution in [2.24, 2.45) is 0 Å². The summed E-state index contributed by atoms with van der Waals surface area (Å²) in [4.78, 5) is 22.3. The first kappa shape index (κ1) is 13.9. The van der Waals surface area contributed by atoms with E-state index in [0.29, 0.717) is 12.0 Å². The zero-order valence-electron chi connectivity index (χ0n) is 9.87. The molecule has 0 spiro atoms. The summed E-state index contributed by atoms with van der Waals surface area (Å²) in [5.74, 6) is -0.423. The van der Waals surface area contributed by atoms with E-state index in [1.54, 1.807) is 36.4 Å².